The zero-order chi connectivity index (χ0) is 7.19. The highest BCUT2D eigenvalue weighted by molar-refractivity contribution is 4.96. The summed E-state index contributed by atoms with van der Waals surface area (Å²) in [6, 6.07) is 0.120. The van der Waals surface area contributed by atoms with Crippen LogP contribution in [0.4, 0.5) is 8.78 Å². The topological polar surface area (TPSA) is 12.0 Å². The van der Waals surface area contributed by atoms with Crippen LogP contribution in [-0.4, -0.2) is 18.5 Å². The van der Waals surface area contributed by atoms with Gasteiger partial charge in [-0.05, 0) is 18.9 Å². The molecular weight excluding hydrogens is 136 g/mol. The summed E-state index contributed by atoms with van der Waals surface area (Å²) in [5, 5.41) is 3.09. The minimum Gasteiger partial charge on any atom is -0.313 e. The van der Waals surface area contributed by atoms with Crippen LogP contribution in [0.3, 0.4) is 0 Å². The van der Waals surface area contributed by atoms with Crippen LogP contribution in [0.2, 0.25) is 0 Å². The maximum Gasteiger partial charge on any atom is 0.250 e. The van der Waals surface area contributed by atoms with Crippen LogP contribution in [0, 0.1) is 5.92 Å². The van der Waals surface area contributed by atoms with Gasteiger partial charge in [-0.25, -0.2) is 8.78 Å². The molecule has 58 valence electrons. The molecule has 1 aliphatic heterocycles. The normalized spacial score (nSPS) is 43.8. The molecule has 2 unspecified atom stereocenters. The van der Waals surface area contributed by atoms with E-state index in [1.54, 1.807) is 0 Å². The number of nitrogens with one attached hydrogen (secondary N) is 1. The van der Waals surface area contributed by atoms with Gasteiger partial charge in [-0.1, -0.05) is 0 Å². The highest BCUT2D eigenvalue weighted by atomic mass is 19.3. The number of hydrogen-bond donors (Lipinski definition) is 1. The van der Waals surface area contributed by atoms with E-state index in [1.165, 1.54) is 0 Å². The Bertz CT molecular complexity index is 133. The van der Waals surface area contributed by atoms with Crippen LogP contribution in [0.25, 0.3) is 0 Å². The summed E-state index contributed by atoms with van der Waals surface area (Å²) in [5.41, 5.74) is 0. The average molecular weight is 147 g/mol. The standard InChI is InChI=1S/C7H11F2N/c8-7(9)3-5-1-2-10-6(5)4-7/h5-6,10H,1-4H2. The van der Waals surface area contributed by atoms with Gasteiger partial charge in [-0.3, -0.25) is 0 Å². The molecule has 2 fully saturated rings. The second kappa shape index (κ2) is 1.91. The molecule has 3 heteroatoms. The summed E-state index contributed by atoms with van der Waals surface area (Å²) in [5.74, 6) is -2.11. The molecule has 2 aliphatic rings. The number of alkyl halides is 2. The van der Waals surface area contributed by atoms with Crippen molar-refractivity contribution in [3.63, 3.8) is 0 Å². The van der Waals surface area contributed by atoms with E-state index in [2.05, 4.69) is 5.32 Å². The number of halogens is 2. The van der Waals surface area contributed by atoms with Crippen molar-refractivity contribution in [2.45, 2.75) is 31.2 Å². The minimum absolute atomic E-state index is 0.0671. The van der Waals surface area contributed by atoms with Crippen molar-refractivity contribution in [3.05, 3.63) is 0 Å². The quantitative estimate of drug-likeness (QED) is 0.546. The van der Waals surface area contributed by atoms with E-state index in [-0.39, 0.29) is 24.8 Å². The summed E-state index contributed by atoms with van der Waals surface area (Å²) in [6.45, 7) is 0.936. The van der Waals surface area contributed by atoms with E-state index in [4.69, 9.17) is 0 Å². The first-order valence-corrected chi connectivity index (χ1v) is 3.79. The van der Waals surface area contributed by atoms with Crippen LogP contribution < -0.4 is 5.32 Å². The van der Waals surface area contributed by atoms with Gasteiger partial charge in [0.1, 0.15) is 0 Å². The maximum absolute atomic E-state index is 12.6. The number of rotatable bonds is 0. The first-order chi connectivity index (χ1) is 4.67. The van der Waals surface area contributed by atoms with Crippen molar-refractivity contribution in [2.75, 3.05) is 6.54 Å². The van der Waals surface area contributed by atoms with E-state index in [0.29, 0.717) is 0 Å². The third kappa shape index (κ3) is 0.926. The van der Waals surface area contributed by atoms with Gasteiger partial charge in [-0.15, -0.1) is 0 Å². The molecule has 1 aliphatic carbocycles. The van der Waals surface area contributed by atoms with Crippen LogP contribution in [0.15, 0.2) is 0 Å². The zero-order valence-corrected chi connectivity index (χ0v) is 5.74. The Balaban J connectivity index is 2.07. The van der Waals surface area contributed by atoms with Gasteiger partial charge in [0.25, 0.3) is 0 Å². The third-order valence-corrected chi connectivity index (χ3v) is 2.57. The SMILES string of the molecule is FC1(F)CC2CCNC2C1. The van der Waals surface area contributed by atoms with Gasteiger partial charge in [0.05, 0.1) is 0 Å². The second-order valence-corrected chi connectivity index (χ2v) is 3.37. The summed E-state index contributed by atoms with van der Waals surface area (Å²) in [4.78, 5) is 0. The number of hydrogen-bond acceptors (Lipinski definition) is 1. The van der Waals surface area contributed by atoms with Crippen molar-refractivity contribution in [1.29, 1.82) is 0 Å². The first-order valence-electron chi connectivity index (χ1n) is 3.79. The van der Waals surface area contributed by atoms with Gasteiger partial charge in [0, 0.05) is 18.9 Å². The Morgan fingerprint density at radius 2 is 2.10 bits per heavy atom. The Labute approximate surface area is 58.8 Å². The van der Waals surface area contributed by atoms with Crippen LogP contribution in [0.1, 0.15) is 19.3 Å². The predicted molar refractivity (Wildman–Crippen MR) is 34.1 cm³/mol. The van der Waals surface area contributed by atoms with E-state index in [9.17, 15) is 8.78 Å². The Kier molecular flexibility index (Phi) is 1.24. The number of fused-ring (bicyclic) bond motifs is 1. The molecule has 0 aromatic rings. The lowest BCUT2D eigenvalue weighted by molar-refractivity contribution is 0.00204. The average Bonchev–Trinajstić information content (AvgIpc) is 2.20. The molecule has 10 heavy (non-hydrogen) atoms. The molecule has 1 saturated carbocycles. The van der Waals surface area contributed by atoms with Crippen LogP contribution in [-0.2, 0) is 0 Å². The summed E-state index contributed by atoms with van der Waals surface area (Å²) in [6.07, 6.45) is 1.13. The molecule has 1 nitrogen and oxygen atoms in total. The molecule has 1 heterocycles. The smallest absolute Gasteiger partial charge is 0.250 e. The van der Waals surface area contributed by atoms with Gasteiger partial charge >= 0.3 is 0 Å². The molecule has 2 atom stereocenters. The van der Waals surface area contributed by atoms with Crippen molar-refractivity contribution < 1.29 is 8.78 Å². The molecule has 1 N–H and O–H groups in total. The summed E-state index contributed by atoms with van der Waals surface area (Å²) in [7, 11) is 0. The fraction of sp³-hybridized carbons (Fsp3) is 1.00. The van der Waals surface area contributed by atoms with E-state index in [0.717, 1.165) is 13.0 Å². The minimum atomic E-state index is -2.37. The van der Waals surface area contributed by atoms with Gasteiger partial charge in [0.2, 0.25) is 5.92 Å². The summed E-state index contributed by atoms with van der Waals surface area (Å²) >= 11 is 0. The summed E-state index contributed by atoms with van der Waals surface area (Å²) < 4.78 is 25.3. The molecule has 2 rings (SSSR count). The molecule has 1 saturated heterocycles. The lowest BCUT2D eigenvalue weighted by Gasteiger charge is -2.08. The fourth-order valence-electron chi connectivity index (χ4n) is 2.09. The maximum atomic E-state index is 12.6. The van der Waals surface area contributed by atoms with Crippen LogP contribution in [0.5, 0.6) is 0 Å². The highest BCUT2D eigenvalue weighted by Crippen LogP contribution is 2.42. The van der Waals surface area contributed by atoms with Crippen molar-refractivity contribution >= 4 is 0 Å². The Hall–Kier alpha value is -0.180. The molecule has 0 amide bonds. The second-order valence-electron chi connectivity index (χ2n) is 3.37. The molecule has 0 bridgehead atoms. The molecule has 0 aromatic carbocycles. The van der Waals surface area contributed by atoms with Crippen LogP contribution >= 0.6 is 0 Å². The molecule has 0 aromatic heterocycles. The predicted octanol–water partition coefficient (Wildman–Crippen LogP) is 1.39. The van der Waals surface area contributed by atoms with E-state index < -0.39 is 5.92 Å². The Morgan fingerprint density at radius 1 is 1.30 bits per heavy atom. The molecular formula is C7H11F2N. The lowest BCUT2D eigenvalue weighted by atomic mass is 10.1. The van der Waals surface area contributed by atoms with Crippen molar-refractivity contribution in [2.24, 2.45) is 5.92 Å². The van der Waals surface area contributed by atoms with Gasteiger partial charge in [-0.2, -0.15) is 0 Å². The zero-order valence-electron chi connectivity index (χ0n) is 5.74. The third-order valence-electron chi connectivity index (χ3n) is 2.57. The van der Waals surface area contributed by atoms with E-state index in [1.807, 2.05) is 0 Å². The van der Waals surface area contributed by atoms with Gasteiger partial charge < -0.3 is 5.32 Å². The fourth-order valence-corrected chi connectivity index (χ4v) is 2.09. The monoisotopic (exact) mass is 147 g/mol. The van der Waals surface area contributed by atoms with Crippen molar-refractivity contribution in [1.82, 2.24) is 5.32 Å². The first kappa shape index (κ1) is 6.53. The lowest BCUT2D eigenvalue weighted by Crippen LogP contribution is -2.24. The van der Waals surface area contributed by atoms with E-state index >= 15 is 0 Å². The molecule has 0 radical (unpaired) electrons. The molecule has 0 spiro atoms. The largest absolute Gasteiger partial charge is 0.313 e. The van der Waals surface area contributed by atoms with Crippen molar-refractivity contribution in [3.8, 4) is 0 Å². The van der Waals surface area contributed by atoms with Gasteiger partial charge in [0.15, 0.2) is 0 Å². The Morgan fingerprint density at radius 3 is 2.80 bits per heavy atom. The highest BCUT2D eigenvalue weighted by Gasteiger charge is 2.47.